The van der Waals surface area contributed by atoms with Crippen LogP contribution < -0.4 is 5.32 Å². The summed E-state index contributed by atoms with van der Waals surface area (Å²) in [6.45, 7) is 5.16. The van der Waals surface area contributed by atoms with Gasteiger partial charge in [-0.05, 0) is 20.3 Å². The highest BCUT2D eigenvalue weighted by Gasteiger charge is 2.27. The zero-order valence-electron chi connectivity index (χ0n) is 9.66. The molecule has 5 heteroatoms. The topological polar surface area (TPSA) is 75.6 Å². The Kier molecular flexibility index (Phi) is 5.28. The molecule has 0 aromatic rings. The highest BCUT2D eigenvalue weighted by atomic mass is 16.5. The lowest BCUT2D eigenvalue weighted by molar-refractivity contribution is -0.143. The molecule has 0 radical (unpaired) electrons. The molecule has 0 saturated heterocycles. The molecule has 0 spiro atoms. The Morgan fingerprint density at radius 2 is 2.00 bits per heavy atom. The van der Waals surface area contributed by atoms with Gasteiger partial charge in [0.1, 0.15) is 5.60 Å². The summed E-state index contributed by atoms with van der Waals surface area (Å²) in [5, 5.41) is 11.3. The summed E-state index contributed by atoms with van der Waals surface area (Å²) < 4.78 is 4.97. The van der Waals surface area contributed by atoms with Crippen LogP contribution in [0, 0.1) is 5.92 Å². The number of methoxy groups -OCH3 is 1. The molecular formula is C10H19NO4. The second-order valence-electron chi connectivity index (χ2n) is 3.87. The first-order valence-corrected chi connectivity index (χ1v) is 4.91. The molecule has 0 rings (SSSR count). The fraction of sp³-hybridized carbons (Fsp3) is 0.800. The van der Waals surface area contributed by atoms with Gasteiger partial charge in [0.05, 0.1) is 5.92 Å². The first-order chi connectivity index (χ1) is 6.85. The van der Waals surface area contributed by atoms with Gasteiger partial charge in [-0.15, -0.1) is 0 Å². The molecule has 88 valence electrons. The number of nitrogens with one attached hydrogen (secondary N) is 1. The van der Waals surface area contributed by atoms with E-state index in [4.69, 9.17) is 9.84 Å². The maximum atomic E-state index is 11.5. The van der Waals surface area contributed by atoms with E-state index >= 15 is 0 Å². The molecule has 0 aliphatic heterocycles. The van der Waals surface area contributed by atoms with Crippen LogP contribution in [0.1, 0.15) is 27.2 Å². The molecular weight excluding hydrogens is 198 g/mol. The van der Waals surface area contributed by atoms with Gasteiger partial charge in [-0.2, -0.15) is 0 Å². The highest BCUT2D eigenvalue weighted by molar-refractivity contribution is 5.84. The highest BCUT2D eigenvalue weighted by Crippen LogP contribution is 2.08. The summed E-state index contributed by atoms with van der Waals surface area (Å²) in [7, 11) is 1.44. The van der Waals surface area contributed by atoms with Gasteiger partial charge in [0.15, 0.2) is 0 Å². The molecule has 0 aromatic carbocycles. The molecule has 1 unspecified atom stereocenters. The quantitative estimate of drug-likeness (QED) is 0.684. The monoisotopic (exact) mass is 217 g/mol. The Morgan fingerprint density at radius 1 is 1.47 bits per heavy atom. The number of carbonyl (C=O) groups excluding carboxylic acids is 1. The zero-order valence-corrected chi connectivity index (χ0v) is 9.66. The summed E-state index contributed by atoms with van der Waals surface area (Å²) in [4.78, 5) is 22.2. The van der Waals surface area contributed by atoms with Crippen LogP contribution in [-0.2, 0) is 14.3 Å². The molecule has 0 bridgehead atoms. The molecule has 1 atom stereocenters. The van der Waals surface area contributed by atoms with Crippen LogP contribution in [0.3, 0.4) is 0 Å². The molecule has 1 amide bonds. The fourth-order valence-electron chi connectivity index (χ4n) is 0.928. The molecule has 0 aliphatic carbocycles. The summed E-state index contributed by atoms with van der Waals surface area (Å²) >= 11 is 0. The average molecular weight is 217 g/mol. The summed E-state index contributed by atoms with van der Waals surface area (Å²) in [6.07, 6.45) is 0.489. The van der Waals surface area contributed by atoms with Crippen molar-refractivity contribution in [2.45, 2.75) is 32.8 Å². The Hall–Kier alpha value is -1.10. The van der Waals surface area contributed by atoms with E-state index in [1.54, 1.807) is 20.8 Å². The molecule has 0 aromatic heterocycles. The standard InChI is InChI=1S/C10H19NO4/c1-5-7(8(12)13)6-11-9(14)10(2,3)15-4/h7H,5-6H2,1-4H3,(H,11,14)(H,12,13). The second-order valence-corrected chi connectivity index (χ2v) is 3.87. The van der Waals surface area contributed by atoms with Crippen LogP contribution in [0.15, 0.2) is 0 Å². The van der Waals surface area contributed by atoms with Gasteiger partial charge in [0.2, 0.25) is 0 Å². The number of hydrogen-bond acceptors (Lipinski definition) is 3. The van der Waals surface area contributed by atoms with Gasteiger partial charge in [-0.1, -0.05) is 6.92 Å². The zero-order chi connectivity index (χ0) is 12.1. The van der Waals surface area contributed by atoms with E-state index in [1.165, 1.54) is 7.11 Å². The molecule has 5 nitrogen and oxygen atoms in total. The van der Waals surface area contributed by atoms with E-state index in [1.807, 2.05) is 0 Å². The predicted octanol–water partition coefficient (Wildman–Crippen LogP) is 0.638. The van der Waals surface area contributed by atoms with Gasteiger partial charge >= 0.3 is 5.97 Å². The Bertz CT molecular complexity index is 238. The number of hydrogen-bond donors (Lipinski definition) is 2. The minimum absolute atomic E-state index is 0.136. The van der Waals surface area contributed by atoms with Crippen molar-refractivity contribution in [2.75, 3.05) is 13.7 Å². The van der Waals surface area contributed by atoms with E-state index in [2.05, 4.69) is 5.32 Å². The lowest BCUT2D eigenvalue weighted by Crippen LogP contribution is -2.45. The Balaban J connectivity index is 4.16. The van der Waals surface area contributed by atoms with Crippen LogP contribution in [0.2, 0.25) is 0 Å². The normalized spacial score (nSPS) is 13.3. The van der Waals surface area contributed by atoms with Crippen LogP contribution in [-0.4, -0.2) is 36.2 Å². The summed E-state index contributed by atoms with van der Waals surface area (Å²) in [5.74, 6) is -1.74. The van der Waals surface area contributed by atoms with E-state index in [9.17, 15) is 9.59 Å². The SMILES string of the molecule is CCC(CNC(=O)C(C)(C)OC)C(=O)O. The summed E-state index contributed by atoms with van der Waals surface area (Å²) in [5.41, 5.74) is -0.920. The van der Waals surface area contributed by atoms with Gasteiger partial charge in [0.25, 0.3) is 5.91 Å². The number of aliphatic carboxylic acids is 1. The van der Waals surface area contributed by atoms with Crippen LogP contribution in [0.4, 0.5) is 0 Å². The Morgan fingerprint density at radius 3 is 2.33 bits per heavy atom. The number of carbonyl (C=O) groups is 2. The summed E-state index contributed by atoms with van der Waals surface area (Å²) in [6, 6.07) is 0. The maximum Gasteiger partial charge on any atom is 0.308 e. The Labute approximate surface area is 89.8 Å². The van der Waals surface area contributed by atoms with Crippen molar-refractivity contribution in [3.63, 3.8) is 0 Å². The molecule has 0 saturated carbocycles. The van der Waals surface area contributed by atoms with Crippen molar-refractivity contribution in [3.05, 3.63) is 0 Å². The number of rotatable bonds is 6. The first kappa shape index (κ1) is 13.9. The number of amides is 1. The molecule has 0 fully saturated rings. The molecule has 0 heterocycles. The molecule has 2 N–H and O–H groups in total. The van der Waals surface area contributed by atoms with Crippen molar-refractivity contribution in [3.8, 4) is 0 Å². The minimum Gasteiger partial charge on any atom is -0.481 e. The third-order valence-corrected chi connectivity index (χ3v) is 2.41. The van der Waals surface area contributed by atoms with E-state index in [0.29, 0.717) is 6.42 Å². The first-order valence-electron chi connectivity index (χ1n) is 4.91. The smallest absolute Gasteiger partial charge is 0.308 e. The minimum atomic E-state index is -0.920. The van der Waals surface area contributed by atoms with Crippen molar-refractivity contribution in [2.24, 2.45) is 5.92 Å². The van der Waals surface area contributed by atoms with Crippen molar-refractivity contribution in [1.82, 2.24) is 5.32 Å². The van der Waals surface area contributed by atoms with Crippen molar-refractivity contribution >= 4 is 11.9 Å². The van der Waals surface area contributed by atoms with Crippen LogP contribution in [0.5, 0.6) is 0 Å². The largest absolute Gasteiger partial charge is 0.481 e. The van der Waals surface area contributed by atoms with E-state index in [0.717, 1.165) is 0 Å². The van der Waals surface area contributed by atoms with Crippen LogP contribution >= 0.6 is 0 Å². The second kappa shape index (κ2) is 5.70. The number of carboxylic acid groups (broad SMARTS) is 1. The third kappa shape index (κ3) is 4.29. The van der Waals surface area contributed by atoms with Gasteiger partial charge in [0, 0.05) is 13.7 Å². The van der Waals surface area contributed by atoms with Crippen LogP contribution in [0.25, 0.3) is 0 Å². The fourth-order valence-corrected chi connectivity index (χ4v) is 0.928. The number of ether oxygens (including phenoxy) is 1. The van der Waals surface area contributed by atoms with Crippen molar-refractivity contribution in [1.29, 1.82) is 0 Å². The molecule has 15 heavy (non-hydrogen) atoms. The average Bonchev–Trinajstić information content (AvgIpc) is 2.17. The van der Waals surface area contributed by atoms with Gasteiger partial charge < -0.3 is 15.2 Å². The molecule has 0 aliphatic rings. The van der Waals surface area contributed by atoms with E-state index < -0.39 is 17.5 Å². The van der Waals surface area contributed by atoms with Gasteiger partial charge in [-0.3, -0.25) is 9.59 Å². The van der Waals surface area contributed by atoms with Gasteiger partial charge in [-0.25, -0.2) is 0 Å². The lowest BCUT2D eigenvalue weighted by atomic mass is 10.1. The van der Waals surface area contributed by atoms with E-state index in [-0.39, 0.29) is 12.5 Å². The van der Waals surface area contributed by atoms with Crippen molar-refractivity contribution < 1.29 is 19.4 Å². The number of carboxylic acids is 1. The lowest BCUT2D eigenvalue weighted by Gasteiger charge is -2.22. The third-order valence-electron chi connectivity index (χ3n) is 2.41. The maximum absolute atomic E-state index is 11.5. The predicted molar refractivity (Wildman–Crippen MR) is 55.5 cm³/mol.